The molecule has 0 radical (unpaired) electrons. The van der Waals surface area contributed by atoms with Crippen molar-refractivity contribution in [3.63, 3.8) is 0 Å². The second-order valence-electron chi connectivity index (χ2n) is 4.55. The van der Waals surface area contributed by atoms with E-state index >= 15 is 0 Å². The number of carboxylic acid groups (broad SMARTS) is 1. The van der Waals surface area contributed by atoms with Crippen molar-refractivity contribution >= 4 is 5.97 Å². The number of nitrogens with one attached hydrogen (secondary N) is 1. The van der Waals surface area contributed by atoms with Gasteiger partial charge in [-0.3, -0.25) is 10.1 Å². The van der Waals surface area contributed by atoms with Crippen molar-refractivity contribution in [3.8, 4) is 0 Å². The molecule has 1 saturated heterocycles. The van der Waals surface area contributed by atoms with E-state index in [2.05, 4.69) is 5.32 Å². The van der Waals surface area contributed by atoms with Crippen LogP contribution in [0.2, 0.25) is 0 Å². The molecule has 5 nitrogen and oxygen atoms in total. The molecule has 3 atom stereocenters. The average molecular weight is 231 g/mol. The van der Waals surface area contributed by atoms with Crippen LogP contribution in [0.25, 0.3) is 0 Å². The van der Waals surface area contributed by atoms with Gasteiger partial charge >= 0.3 is 5.97 Å². The van der Waals surface area contributed by atoms with Crippen LogP contribution in [0.4, 0.5) is 0 Å². The van der Waals surface area contributed by atoms with E-state index < -0.39 is 11.5 Å². The highest BCUT2D eigenvalue weighted by molar-refractivity contribution is 5.78. The first-order valence-electron chi connectivity index (χ1n) is 5.61. The van der Waals surface area contributed by atoms with Gasteiger partial charge in [-0.1, -0.05) is 0 Å². The maximum Gasteiger partial charge on any atom is 0.326 e. The lowest BCUT2D eigenvalue weighted by molar-refractivity contribution is -0.147. The van der Waals surface area contributed by atoms with E-state index in [0.717, 1.165) is 19.4 Å². The summed E-state index contributed by atoms with van der Waals surface area (Å²) in [5.41, 5.74) is -1.06. The molecule has 0 aromatic heterocycles. The lowest BCUT2D eigenvalue weighted by atomic mass is 10.00. The Morgan fingerprint density at radius 1 is 1.75 bits per heavy atom. The fourth-order valence-electron chi connectivity index (χ4n) is 2.05. The maximum atomic E-state index is 11.2. The molecule has 1 fully saturated rings. The van der Waals surface area contributed by atoms with E-state index in [1.165, 1.54) is 7.11 Å². The topological polar surface area (TPSA) is 67.8 Å². The smallest absolute Gasteiger partial charge is 0.326 e. The van der Waals surface area contributed by atoms with Crippen molar-refractivity contribution in [2.24, 2.45) is 0 Å². The van der Waals surface area contributed by atoms with Crippen molar-refractivity contribution < 1.29 is 19.4 Å². The van der Waals surface area contributed by atoms with Crippen molar-refractivity contribution in [2.75, 3.05) is 20.3 Å². The number of aliphatic carboxylic acids is 1. The molecule has 1 heterocycles. The molecule has 2 N–H and O–H groups in total. The summed E-state index contributed by atoms with van der Waals surface area (Å²) < 4.78 is 10.5. The van der Waals surface area contributed by atoms with Crippen LogP contribution < -0.4 is 5.32 Å². The molecule has 1 aliphatic rings. The molecule has 5 heteroatoms. The SMILES string of the molecule is COCC(C)(NC(C)C1CCCO1)C(=O)O. The second-order valence-corrected chi connectivity index (χ2v) is 4.55. The summed E-state index contributed by atoms with van der Waals surface area (Å²) in [6.45, 7) is 4.49. The molecule has 0 bridgehead atoms. The van der Waals surface area contributed by atoms with Crippen LogP contribution in [0.1, 0.15) is 26.7 Å². The van der Waals surface area contributed by atoms with E-state index in [0.29, 0.717) is 0 Å². The van der Waals surface area contributed by atoms with Gasteiger partial charge in [0.15, 0.2) is 0 Å². The summed E-state index contributed by atoms with van der Waals surface area (Å²) >= 11 is 0. The third-order valence-corrected chi connectivity index (χ3v) is 2.97. The standard InChI is InChI=1S/C11H21NO4/c1-8(9-5-4-6-16-9)12-11(2,7-15-3)10(13)14/h8-9,12H,4-7H2,1-3H3,(H,13,14). The van der Waals surface area contributed by atoms with Gasteiger partial charge in [0.1, 0.15) is 5.54 Å². The quantitative estimate of drug-likeness (QED) is 0.702. The predicted octanol–water partition coefficient (Wildman–Crippen LogP) is 0.633. The normalized spacial score (nSPS) is 26.3. The van der Waals surface area contributed by atoms with Gasteiger partial charge in [0.05, 0.1) is 12.7 Å². The van der Waals surface area contributed by atoms with E-state index in [1.807, 2.05) is 6.92 Å². The summed E-state index contributed by atoms with van der Waals surface area (Å²) in [7, 11) is 1.50. The van der Waals surface area contributed by atoms with Gasteiger partial charge in [-0.2, -0.15) is 0 Å². The lowest BCUT2D eigenvalue weighted by Crippen LogP contribution is -2.58. The molecule has 0 aromatic carbocycles. The Morgan fingerprint density at radius 2 is 2.44 bits per heavy atom. The van der Waals surface area contributed by atoms with Crippen LogP contribution >= 0.6 is 0 Å². The number of methoxy groups -OCH3 is 1. The first kappa shape index (κ1) is 13.4. The minimum Gasteiger partial charge on any atom is -0.480 e. The molecule has 94 valence electrons. The van der Waals surface area contributed by atoms with Crippen molar-refractivity contribution in [1.29, 1.82) is 0 Å². The molecule has 0 aliphatic carbocycles. The van der Waals surface area contributed by atoms with Crippen LogP contribution in [0.5, 0.6) is 0 Å². The van der Waals surface area contributed by atoms with Crippen LogP contribution in [0, 0.1) is 0 Å². The lowest BCUT2D eigenvalue weighted by Gasteiger charge is -2.31. The molecule has 1 aliphatic heterocycles. The van der Waals surface area contributed by atoms with Crippen molar-refractivity contribution in [1.82, 2.24) is 5.32 Å². The summed E-state index contributed by atoms with van der Waals surface area (Å²) in [4.78, 5) is 11.2. The zero-order valence-corrected chi connectivity index (χ0v) is 10.2. The van der Waals surface area contributed by atoms with Gasteiger partial charge in [0.25, 0.3) is 0 Å². The van der Waals surface area contributed by atoms with Crippen LogP contribution in [0.15, 0.2) is 0 Å². The molecule has 3 unspecified atom stereocenters. The van der Waals surface area contributed by atoms with Crippen molar-refractivity contribution in [2.45, 2.75) is 44.4 Å². The number of carboxylic acids is 1. The fraction of sp³-hybridized carbons (Fsp3) is 0.909. The number of hydrogen-bond acceptors (Lipinski definition) is 4. The number of ether oxygens (including phenoxy) is 2. The summed E-state index contributed by atoms with van der Waals surface area (Å²) in [5, 5.41) is 12.3. The van der Waals surface area contributed by atoms with Gasteiger partial charge in [-0.15, -0.1) is 0 Å². The van der Waals surface area contributed by atoms with E-state index in [1.54, 1.807) is 6.92 Å². The van der Waals surface area contributed by atoms with Crippen LogP contribution in [0.3, 0.4) is 0 Å². The highest BCUT2D eigenvalue weighted by Gasteiger charge is 2.36. The first-order valence-corrected chi connectivity index (χ1v) is 5.61. The Balaban J connectivity index is 2.56. The average Bonchev–Trinajstić information content (AvgIpc) is 2.70. The van der Waals surface area contributed by atoms with Crippen LogP contribution in [-0.4, -0.2) is 49.1 Å². The van der Waals surface area contributed by atoms with E-state index in [9.17, 15) is 9.90 Å². The monoisotopic (exact) mass is 231 g/mol. The number of carbonyl (C=O) groups is 1. The predicted molar refractivity (Wildman–Crippen MR) is 59.5 cm³/mol. The summed E-state index contributed by atoms with van der Waals surface area (Å²) in [5.74, 6) is -0.904. The largest absolute Gasteiger partial charge is 0.480 e. The molecular weight excluding hydrogens is 210 g/mol. The Kier molecular flexibility index (Phi) is 4.70. The minimum absolute atomic E-state index is 0.0127. The molecule has 0 spiro atoms. The first-order chi connectivity index (χ1) is 7.49. The molecule has 0 amide bonds. The second kappa shape index (κ2) is 5.61. The summed E-state index contributed by atoms with van der Waals surface area (Å²) in [6, 6.07) is 0.0127. The summed E-state index contributed by atoms with van der Waals surface area (Å²) in [6.07, 6.45) is 2.14. The van der Waals surface area contributed by atoms with Crippen LogP contribution in [-0.2, 0) is 14.3 Å². The molecule has 0 aromatic rings. The zero-order valence-electron chi connectivity index (χ0n) is 10.2. The van der Waals surface area contributed by atoms with Gasteiger partial charge in [-0.05, 0) is 26.7 Å². The molecule has 0 saturated carbocycles. The number of hydrogen-bond donors (Lipinski definition) is 2. The Labute approximate surface area is 96.1 Å². The van der Waals surface area contributed by atoms with Gasteiger partial charge in [-0.25, -0.2) is 0 Å². The highest BCUT2D eigenvalue weighted by Crippen LogP contribution is 2.18. The Bertz CT molecular complexity index is 240. The van der Waals surface area contributed by atoms with Gasteiger partial charge in [0, 0.05) is 19.8 Å². The van der Waals surface area contributed by atoms with Gasteiger partial charge in [0.2, 0.25) is 0 Å². The third kappa shape index (κ3) is 3.17. The number of rotatable bonds is 6. The minimum atomic E-state index is -1.06. The van der Waals surface area contributed by atoms with E-state index in [-0.39, 0.29) is 18.8 Å². The molecular formula is C11H21NO4. The molecule has 1 rings (SSSR count). The zero-order chi connectivity index (χ0) is 12.2. The maximum absolute atomic E-state index is 11.2. The van der Waals surface area contributed by atoms with Gasteiger partial charge < -0.3 is 14.6 Å². The Hall–Kier alpha value is -0.650. The molecule has 16 heavy (non-hydrogen) atoms. The third-order valence-electron chi connectivity index (χ3n) is 2.97. The highest BCUT2D eigenvalue weighted by atomic mass is 16.5. The van der Waals surface area contributed by atoms with Crippen molar-refractivity contribution in [3.05, 3.63) is 0 Å². The Morgan fingerprint density at radius 3 is 2.88 bits per heavy atom. The fourth-order valence-corrected chi connectivity index (χ4v) is 2.05. The van der Waals surface area contributed by atoms with E-state index in [4.69, 9.17) is 9.47 Å².